The Morgan fingerprint density at radius 1 is 1.33 bits per heavy atom. The van der Waals surface area contributed by atoms with Crippen LogP contribution in [-0.4, -0.2) is 22.3 Å². The molecule has 0 heterocycles. The van der Waals surface area contributed by atoms with E-state index in [-0.39, 0.29) is 0 Å². The second-order valence-electron chi connectivity index (χ2n) is 3.84. The molecule has 0 aromatic heterocycles. The highest BCUT2D eigenvalue weighted by Crippen LogP contribution is 2.26. The Balaban J connectivity index is 2.84. The molecule has 0 saturated heterocycles. The van der Waals surface area contributed by atoms with Gasteiger partial charge in [0.1, 0.15) is 11.9 Å². The van der Waals surface area contributed by atoms with E-state index in [0.717, 1.165) is 0 Å². The quantitative estimate of drug-likeness (QED) is 0.728. The van der Waals surface area contributed by atoms with Crippen molar-refractivity contribution in [2.45, 2.75) is 25.6 Å². The van der Waals surface area contributed by atoms with Crippen molar-refractivity contribution in [3.05, 3.63) is 29.8 Å². The van der Waals surface area contributed by atoms with Crippen LogP contribution >= 0.6 is 0 Å². The van der Waals surface area contributed by atoms with Gasteiger partial charge in [0, 0.05) is 0 Å². The van der Waals surface area contributed by atoms with E-state index >= 15 is 0 Å². The molecule has 0 radical (unpaired) electrons. The van der Waals surface area contributed by atoms with Gasteiger partial charge in [-0.25, -0.2) is 0 Å². The molecule has 4 heteroatoms. The first-order valence-electron chi connectivity index (χ1n) is 4.56. The second-order valence-corrected chi connectivity index (χ2v) is 3.84. The lowest BCUT2D eigenvalue weighted by molar-refractivity contribution is -0.120. The van der Waals surface area contributed by atoms with Crippen LogP contribution in [-0.2, 0) is 4.79 Å². The van der Waals surface area contributed by atoms with Crippen LogP contribution in [0.5, 0.6) is 5.75 Å². The minimum Gasteiger partial charge on any atom is -0.429 e. The van der Waals surface area contributed by atoms with Gasteiger partial charge in [-0.2, -0.15) is 0 Å². The number of carbonyl (C=O) groups is 1. The molecule has 1 unspecified atom stereocenters. The fraction of sp³-hybridized carbons (Fsp3) is 0.364. The molecule has 1 aromatic carbocycles. The average Bonchev–Trinajstić information content (AvgIpc) is 2.17. The first kappa shape index (κ1) is 11.7. The van der Waals surface area contributed by atoms with Crippen LogP contribution in [0.25, 0.3) is 0 Å². The van der Waals surface area contributed by atoms with Crippen LogP contribution in [0.15, 0.2) is 24.3 Å². The minimum atomic E-state index is -1.20. The van der Waals surface area contributed by atoms with Crippen molar-refractivity contribution in [2.24, 2.45) is 0 Å². The van der Waals surface area contributed by atoms with Gasteiger partial charge in [-0.1, -0.05) is 12.1 Å². The number of aliphatic hydroxyl groups excluding tert-OH is 1. The zero-order chi connectivity index (χ0) is 11.5. The van der Waals surface area contributed by atoms with Gasteiger partial charge in [-0.15, -0.1) is 0 Å². The largest absolute Gasteiger partial charge is 0.429 e. The Kier molecular flexibility index (Phi) is 3.44. The Bertz CT molecular complexity index is 323. The Labute approximate surface area is 88.1 Å². The lowest BCUT2D eigenvalue weighted by atomic mass is 9.95. The van der Waals surface area contributed by atoms with Gasteiger partial charge < -0.3 is 14.9 Å². The van der Waals surface area contributed by atoms with E-state index in [4.69, 9.17) is 0 Å². The van der Waals surface area contributed by atoms with Gasteiger partial charge in [0.05, 0.1) is 5.60 Å². The molecular weight excluding hydrogens is 196 g/mol. The van der Waals surface area contributed by atoms with Gasteiger partial charge in [-0.3, -0.25) is 4.79 Å². The summed E-state index contributed by atoms with van der Waals surface area (Å²) in [6.45, 7) is 3.38. The predicted octanol–water partition coefficient (Wildman–Crippen LogP) is 1.03. The number of benzene rings is 1. The summed E-state index contributed by atoms with van der Waals surface area (Å²) in [5.41, 5.74) is -0.631. The highest BCUT2D eigenvalue weighted by atomic mass is 16.5. The predicted molar refractivity (Wildman–Crippen MR) is 54.4 cm³/mol. The van der Waals surface area contributed by atoms with E-state index < -0.39 is 11.7 Å². The molecule has 1 atom stereocenters. The molecule has 2 N–H and O–H groups in total. The topological polar surface area (TPSA) is 66.8 Å². The Morgan fingerprint density at radius 2 is 1.87 bits per heavy atom. The molecule has 4 nitrogen and oxygen atoms in total. The smallest absolute Gasteiger partial charge is 0.298 e. The molecule has 0 bridgehead atoms. The van der Waals surface area contributed by atoms with Gasteiger partial charge in [-0.05, 0) is 31.5 Å². The summed E-state index contributed by atoms with van der Waals surface area (Å²) in [6, 6.07) is 6.31. The molecule has 0 saturated carbocycles. The molecule has 0 aliphatic rings. The SMILES string of the molecule is CC(C)(O)C(O)c1ccc(OC=O)cc1. The summed E-state index contributed by atoms with van der Waals surface area (Å²) in [6.07, 6.45) is -0.970. The molecule has 82 valence electrons. The summed E-state index contributed by atoms with van der Waals surface area (Å²) in [7, 11) is 0. The van der Waals surface area contributed by atoms with Crippen molar-refractivity contribution in [1.29, 1.82) is 0 Å². The highest BCUT2D eigenvalue weighted by Gasteiger charge is 2.25. The third kappa shape index (κ3) is 3.04. The zero-order valence-corrected chi connectivity index (χ0v) is 8.68. The first-order chi connectivity index (χ1) is 6.95. The van der Waals surface area contributed by atoms with Crippen LogP contribution < -0.4 is 4.74 Å². The maximum atomic E-state index is 10.0. The molecule has 0 aliphatic carbocycles. The zero-order valence-electron chi connectivity index (χ0n) is 8.68. The summed E-state index contributed by atoms with van der Waals surface area (Å²) >= 11 is 0. The lowest BCUT2D eigenvalue weighted by Crippen LogP contribution is -2.28. The fourth-order valence-corrected chi connectivity index (χ4v) is 1.19. The maximum Gasteiger partial charge on any atom is 0.298 e. The summed E-state index contributed by atoms with van der Waals surface area (Å²) < 4.78 is 4.60. The lowest BCUT2D eigenvalue weighted by Gasteiger charge is -2.24. The minimum absolute atomic E-state index is 0.335. The third-order valence-corrected chi connectivity index (χ3v) is 2.05. The number of aliphatic hydroxyl groups is 2. The van der Waals surface area contributed by atoms with E-state index in [1.807, 2.05) is 0 Å². The van der Waals surface area contributed by atoms with Crippen molar-refractivity contribution in [2.75, 3.05) is 0 Å². The number of carbonyl (C=O) groups excluding carboxylic acids is 1. The maximum absolute atomic E-state index is 10.0. The van der Waals surface area contributed by atoms with Gasteiger partial charge in [0.15, 0.2) is 0 Å². The van der Waals surface area contributed by atoms with Crippen LogP contribution in [0.2, 0.25) is 0 Å². The Hall–Kier alpha value is -1.39. The molecule has 1 rings (SSSR count). The van der Waals surface area contributed by atoms with Crippen LogP contribution in [0, 0.1) is 0 Å². The van der Waals surface area contributed by atoms with Crippen LogP contribution in [0.1, 0.15) is 25.5 Å². The third-order valence-electron chi connectivity index (χ3n) is 2.05. The molecule has 15 heavy (non-hydrogen) atoms. The average molecular weight is 210 g/mol. The molecule has 0 aliphatic heterocycles. The van der Waals surface area contributed by atoms with Crippen molar-refractivity contribution in [3.63, 3.8) is 0 Å². The van der Waals surface area contributed by atoms with E-state index in [2.05, 4.69) is 4.74 Å². The van der Waals surface area contributed by atoms with Crippen molar-refractivity contribution < 1.29 is 19.7 Å². The number of rotatable bonds is 4. The normalized spacial score (nSPS) is 13.3. The molecular formula is C11H14O4. The fourth-order valence-electron chi connectivity index (χ4n) is 1.19. The molecule has 1 aromatic rings. The monoisotopic (exact) mass is 210 g/mol. The van der Waals surface area contributed by atoms with Crippen molar-refractivity contribution in [1.82, 2.24) is 0 Å². The molecule has 0 amide bonds. The number of hydrogen-bond acceptors (Lipinski definition) is 4. The summed E-state index contributed by atoms with van der Waals surface area (Å²) in [4.78, 5) is 10.0. The number of ether oxygens (including phenoxy) is 1. The Morgan fingerprint density at radius 3 is 2.27 bits per heavy atom. The molecule has 0 fully saturated rings. The molecule has 0 spiro atoms. The summed E-state index contributed by atoms with van der Waals surface area (Å²) in [5.74, 6) is 0.400. The van der Waals surface area contributed by atoms with Gasteiger partial charge in [0.25, 0.3) is 6.47 Å². The second kappa shape index (κ2) is 4.42. The van der Waals surface area contributed by atoms with Crippen molar-refractivity contribution in [3.8, 4) is 5.75 Å². The van der Waals surface area contributed by atoms with E-state index in [1.54, 1.807) is 24.3 Å². The first-order valence-corrected chi connectivity index (χ1v) is 4.56. The van der Waals surface area contributed by atoms with Crippen LogP contribution in [0.4, 0.5) is 0 Å². The standard InChI is InChI=1S/C11H14O4/c1-11(2,14)10(13)8-3-5-9(6-4-8)15-7-12/h3-7,10,13-14H,1-2H3. The summed E-state index contributed by atoms with van der Waals surface area (Å²) in [5, 5.41) is 19.3. The highest BCUT2D eigenvalue weighted by molar-refractivity contribution is 5.45. The number of hydrogen-bond donors (Lipinski definition) is 2. The van der Waals surface area contributed by atoms with Crippen LogP contribution in [0.3, 0.4) is 0 Å². The van der Waals surface area contributed by atoms with Gasteiger partial charge in [0.2, 0.25) is 0 Å². The van der Waals surface area contributed by atoms with E-state index in [9.17, 15) is 15.0 Å². The van der Waals surface area contributed by atoms with E-state index in [0.29, 0.717) is 17.8 Å². The van der Waals surface area contributed by atoms with Gasteiger partial charge >= 0.3 is 0 Å². The van der Waals surface area contributed by atoms with Crippen molar-refractivity contribution >= 4 is 6.47 Å². The van der Waals surface area contributed by atoms with E-state index in [1.165, 1.54) is 13.8 Å².